The Labute approximate surface area is 133 Å². The van der Waals surface area contributed by atoms with Crippen molar-refractivity contribution in [1.82, 2.24) is 0 Å². The first-order chi connectivity index (χ1) is 9.12. The second-order valence-corrected chi connectivity index (χ2v) is 7.14. The molecule has 1 fully saturated rings. The monoisotopic (exact) mass is 320 g/mol. The number of carbonyl (C=O) groups excluding carboxylic acids is 2. The molecule has 1 aliphatic carbocycles. The van der Waals surface area contributed by atoms with E-state index < -0.39 is 18.0 Å². The van der Waals surface area contributed by atoms with Crippen LogP contribution in [0.1, 0.15) is 44.9 Å². The molecule has 1 unspecified atom stereocenters. The summed E-state index contributed by atoms with van der Waals surface area (Å²) in [5.41, 5.74) is -1.81. The van der Waals surface area contributed by atoms with E-state index in [1.165, 1.54) is 12.8 Å². The molecule has 1 aliphatic rings. The predicted molar refractivity (Wildman–Crippen MR) is 73.7 cm³/mol. The first-order valence-corrected chi connectivity index (χ1v) is 7.38. The molecule has 1 atom stereocenters. The van der Waals surface area contributed by atoms with E-state index in [1.54, 1.807) is 0 Å². The SMILES string of the molecule is C[N+](C)(C)CC(O)(CC(=O)[O-])C(=O)CCC1CCCC1.[Cl-]. The van der Waals surface area contributed by atoms with Crippen LogP contribution in [0.4, 0.5) is 0 Å². The van der Waals surface area contributed by atoms with E-state index in [-0.39, 0.29) is 31.2 Å². The first-order valence-electron chi connectivity index (χ1n) is 7.38. The van der Waals surface area contributed by atoms with Crippen LogP contribution in [0.2, 0.25) is 0 Å². The van der Waals surface area contributed by atoms with Crippen LogP contribution < -0.4 is 17.5 Å². The highest BCUT2D eigenvalue weighted by molar-refractivity contribution is 5.90. The number of aliphatic carboxylic acids is 1. The van der Waals surface area contributed by atoms with Crippen LogP contribution in [0.3, 0.4) is 0 Å². The Morgan fingerprint density at radius 2 is 1.76 bits per heavy atom. The van der Waals surface area contributed by atoms with Gasteiger partial charge in [0, 0.05) is 18.8 Å². The second-order valence-electron chi connectivity index (χ2n) is 7.14. The average molecular weight is 321 g/mol. The minimum Gasteiger partial charge on any atom is -1.00 e. The lowest BCUT2D eigenvalue weighted by molar-refractivity contribution is -0.875. The first kappa shape index (κ1) is 20.3. The third-order valence-electron chi connectivity index (χ3n) is 3.95. The number of aliphatic hydroxyl groups is 1. The van der Waals surface area contributed by atoms with Crippen molar-refractivity contribution in [3.63, 3.8) is 0 Å². The summed E-state index contributed by atoms with van der Waals surface area (Å²) in [6.45, 7) is 0.0878. The fourth-order valence-electron chi connectivity index (χ4n) is 3.13. The zero-order valence-electron chi connectivity index (χ0n) is 13.2. The lowest BCUT2D eigenvalue weighted by Crippen LogP contribution is -3.00. The maximum Gasteiger partial charge on any atom is 0.177 e. The van der Waals surface area contributed by atoms with Gasteiger partial charge >= 0.3 is 0 Å². The van der Waals surface area contributed by atoms with E-state index in [1.807, 2.05) is 21.1 Å². The van der Waals surface area contributed by atoms with Gasteiger partial charge in [0.2, 0.25) is 0 Å². The van der Waals surface area contributed by atoms with Gasteiger partial charge in [0.25, 0.3) is 0 Å². The van der Waals surface area contributed by atoms with Gasteiger partial charge in [-0.25, -0.2) is 0 Å². The van der Waals surface area contributed by atoms with Gasteiger partial charge in [0.05, 0.1) is 21.1 Å². The van der Waals surface area contributed by atoms with Crippen molar-refractivity contribution < 1.29 is 36.7 Å². The number of likely N-dealkylation sites (N-methyl/N-ethyl adjacent to an activating group) is 1. The zero-order chi connectivity index (χ0) is 15.4. The molecular weight excluding hydrogens is 294 g/mol. The highest BCUT2D eigenvalue weighted by Crippen LogP contribution is 2.30. The van der Waals surface area contributed by atoms with E-state index in [0.717, 1.165) is 19.3 Å². The predicted octanol–water partition coefficient (Wildman–Crippen LogP) is -2.89. The molecule has 0 heterocycles. The summed E-state index contributed by atoms with van der Waals surface area (Å²) >= 11 is 0. The Morgan fingerprint density at radius 1 is 1.24 bits per heavy atom. The maximum absolute atomic E-state index is 12.3. The molecule has 1 rings (SSSR count). The number of nitrogens with zero attached hydrogens (tertiary/aromatic N) is 1. The van der Waals surface area contributed by atoms with Crippen molar-refractivity contribution in [1.29, 1.82) is 0 Å². The summed E-state index contributed by atoms with van der Waals surface area (Å²) in [5, 5.41) is 21.3. The highest BCUT2D eigenvalue weighted by Gasteiger charge is 2.40. The number of quaternary nitrogens is 1. The Bertz CT molecular complexity index is 361. The molecule has 0 bridgehead atoms. The number of halogens is 1. The van der Waals surface area contributed by atoms with Crippen molar-refractivity contribution in [3.8, 4) is 0 Å². The van der Waals surface area contributed by atoms with Crippen LogP contribution in [0.5, 0.6) is 0 Å². The van der Waals surface area contributed by atoms with Crippen molar-refractivity contribution in [2.45, 2.75) is 50.5 Å². The molecule has 21 heavy (non-hydrogen) atoms. The molecule has 0 radical (unpaired) electrons. The van der Waals surface area contributed by atoms with Crippen LogP contribution >= 0.6 is 0 Å². The number of carboxylic acids is 1. The molecule has 124 valence electrons. The maximum atomic E-state index is 12.3. The summed E-state index contributed by atoms with van der Waals surface area (Å²) in [5.74, 6) is -1.19. The van der Waals surface area contributed by atoms with Crippen molar-refractivity contribution in [2.24, 2.45) is 5.92 Å². The van der Waals surface area contributed by atoms with Crippen molar-refractivity contribution in [3.05, 3.63) is 0 Å². The van der Waals surface area contributed by atoms with Gasteiger partial charge in [0.1, 0.15) is 6.54 Å². The molecule has 6 heteroatoms. The number of hydrogen-bond acceptors (Lipinski definition) is 4. The number of carboxylic acid groups (broad SMARTS) is 1. The van der Waals surface area contributed by atoms with E-state index in [2.05, 4.69) is 0 Å². The molecule has 1 N–H and O–H groups in total. The summed E-state index contributed by atoms with van der Waals surface area (Å²) in [7, 11) is 5.47. The molecule has 0 spiro atoms. The van der Waals surface area contributed by atoms with E-state index >= 15 is 0 Å². The van der Waals surface area contributed by atoms with Crippen LogP contribution in [-0.2, 0) is 9.59 Å². The van der Waals surface area contributed by atoms with Crippen LogP contribution in [-0.4, -0.2) is 54.6 Å². The fraction of sp³-hybridized carbons (Fsp3) is 0.867. The smallest absolute Gasteiger partial charge is 0.177 e. The molecular formula is C15H27ClNO4-. The quantitative estimate of drug-likeness (QED) is 0.487. The van der Waals surface area contributed by atoms with Crippen LogP contribution in [0, 0.1) is 5.92 Å². The Hall–Kier alpha value is -0.650. The standard InChI is InChI=1S/C15H27NO4.ClH/c1-16(2,3)11-15(20,10-14(18)19)13(17)9-8-12-6-4-5-7-12;/h12,20H,4-11H2,1-3H3;1H/p-1. The van der Waals surface area contributed by atoms with E-state index in [9.17, 15) is 19.8 Å². The minimum absolute atomic E-state index is 0. The molecule has 5 nitrogen and oxygen atoms in total. The summed E-state index contributed by atoms with van der Waals surface area (Å²) in [6.07, 6.45) is 5.09. The van der Waals surface area contributed by atoms with Gasteiger partial charge in [-0.15, -0.1) is 0 Å². The molecule has 0 aliphatic heterocycles. The normalized spacial score (nSPS) is 18.9. The number of rotatable bonds is 8. The molecule has 0 amide bonds. The zero-order valence-corrected chi connectivity index (χ0v) is 14.0. The molecule has 0 aromatic heterocycles. The van der Waals surface area contributed by atoms with Gasteiger partial charge < -0.3 is 31.9 Å². The van der Waals surface area contributed by atoms with Gasteiger partial charge in [-0.3, -0.25) is 4.79 Å². The molecule has 0 saturated heterocycles. The Kier molecular flexibility index (Phi) is 7.86. The van der Waals surface area contributed by atoms with E-state index in [0.29, 0.717) is 10.4 Å². The Balaban J connectivity index is 0.00000400. The van der Waals surface area contributed by atoms with E-state index in [4.69, 9.17) is 0 Å². The number of Topliss-reactive ketones (excluding diaryl/α,β-unsaturated/α-hetero) is 1. The fourth-order valence-corrected chi connectivity index (χ4v) is 3.13. The topological polar surface area (TPSA) is 77.4 Å². The van der Waals surface area contributed by atoms with Gasteiger partial charge in [0.15, 0.2) is 11.4 Å². The lowest BCUT2D eigenvalue weighted by atomic mass is 9.88. The summed E-state index contributed by atoms with van der Waals surface area (Å²) < 4.78 is 0.332. The van der Waals surface area contributed by atoms with Crippen LogP contribution in [0.25, 0.3) is 0 Å². The summed E-state index contributed by atoms with van der Waals surface area (Å²) in [6, 6.07) is 0. The Morgan fingerprint density at radius 3 is 2.19 bits per heavy atom. The van der Waals surface area contributed by atoms with Crippen LogP contribution in [0.15, 0.2) is 0 Å². The number of carbonyl (C=O) groups is 2. The molecule has 1 saturated carbocycles. The largest absolute Gasteiger partial charge is 1.00 e. The summed E-state index contributed by atoms with van der Waals surface area (Å²) in [4.78, 5) is 23.1. The highest BCUT2D eigenvalue weighted by atomic mass is 35.5. The van der Waals surface area contributed by atoms with Crippen molar-refractivity contribution >= 4 is 11.8 Å². The number of ketones is 1. The minimum atomic E-state index is -1.81. The third kappa shape index (κ3) is 7.25. The lowest BCUT2D eigenvalue weighted by Gasteiger charge is -2.35. The van der Waals surface area contributed by atoms with Gasteiger partial charge in [-0.05, 0) is 12.3 Å². The van der Waals surface area contributed by atoms with Gasteiger partial charge in [-0.1, -0.05) is 25.7 Å². The second kappa shape index (κ2) is 8.11. The molecule has 0 aromatic rings. The third-order valence-corrected chi connectivity index (χ3v) is 3.95. The average Bonchev–Trinajstić information content (AvgIpc) is 2.74. The van der Waals surface area contributed by atoms with Crippen molar-refractivity contribution in [2.75, 3.05) is 27.7 Å². The van der Waals surface area contributed by atoms with Gasteiger partial charge in [-0.2, -0.15) is 0 Å². The number of hydrogen-bond donors (Lipinski definition) is 1. The molecule has 0 aromatic carbocycles.